The van der Waals surface area contributed by atoms with E-state index in [1.807, 2.05) is 0 Å². The molecule has 0 aromatic carbocycles. The van der Waals surface area contributed by atoms with Gasteiger partial charge in [-0.2, -0.15) is 0 Å². The summed E-state index contributed by atoms with van der Waals surface area (Å²) >= 11 is 0. The van der Waals surface area contributed by atoms with Gasteiger partial charge in [0.2, 0.25) is 0 Å². The number of imidazole rings is 1. The number of carbonyl (C=O) groups is 2. The second kappa shape index (κ2) is 4.65. The van der Waals surface area contributed by atoms with Gasteiger partial charge < -0.3 is 19.7 Å². The molecule has 102 valence electrons. The van der Waals surface area contributed by atoms with Crippen LogP contribution in [-0.2, 0) is 27.3 Å². The number of carbonyl (C=O) groups excluding carboxylic acids is 1. The molecule has 3 heterocycles. The topological polar surface area (TPSA) is 95.5 Å². The van der Waals surface area contributed by atoms with Gasteiger partial charge >= 0.3 is 5.97 Å². The molecule has 7 heteroatoms. The maximum atomic E-state index is 12.4. The number of carboxylic acid groups (broad SMARTS) is 1. The third-order valence-corrected chi connectivity index (χ3v) is 3.67. The number of carboxylic acids is 1. The summed E-state index contributed by atoms with van der Waals surface area (Å²) < 4.78 is 5.36. The first-order valence-corrected chi connectivity index (χ1v) is 6.33. The molecule has 1 unspecified atom stereocenters. The van der Waals surface area contributed by atoms with Gasteiger partial charge in [0.05, 0.1) is 24.3 Å². The van der Waals surface area contributed by atoms with E-state index in [4.69, 9.17) is 4.74 Å². The zero-order valence-electron chi connectivity index (χ0n) is 10.3. The summed E-state index contributed by atoms with van der Waals surface area (Å²) in [6.07, 6.45) is 2.79. The van der Waals surface area contributed by atoms with Gasteiger partial charge in [0.1, 0.15) is 12.1 Å². The lowest BCUT2D eigenvalue weighted by Crippen LogP contribution is -2.51. The lowest BCUT2D eigenvalue weighted by Gasteiger charge is -2.33. The summed E-state index contributed by atoms with van der Waals surface area (Å²) in [6.45, 7) is 0.822. The molecule has 0 saturated carbocycles. The van der Waals surface area contributed by atoms with Crippen LogP contribution in [0.5, 0.6) is 0 Å². The van der Waals surface area contributed by atoms with Crippen LogP contribution in [0.25, 0.3) is 0 Å². The van der Waals surface area contributed by atoms with Gasteiger partial charge in [0.25, 0.3) is 5.91 Å². The van der Waals surface area contributed by atoms with Crippen molar-refractivity contribution < 1.29 is 19.4 Å². The lowest BCUT2D eigenvalue weighted by molar-refractivity contribution is -0.156. The van der Waals surface area contributed by atoms with Crippen molar-refractivity contribution in [3.05, 3.63) is 17.7 Å². The molecule has 0 radical (unpaired) electrons. The van der Waals surface area contributed by atoms with Crippen LogP contribution in [0.4, 0.5) is 0 Å². The van der Waals surface area contributed by atoms with Crippen molar-refractivity contribution in [2.75, 3.05) is 6.61 Å². The largest absolute Gasteiger partial charge is 0.480 e. The summed E-state index contributed by atoms with van der Waals surface area (Å²) in [6, 6.07) is -0.854. The molecule has 1 fully saturated rings. The molecule has 2 N–H and O–H groups in total. The van der Waals surface area contributed by atoms with Crippen LogP contribution in [0.3, 0.4) is 0 Å². The van der Waals surface area contributed by atoms with Crippen molar-refractivity contribution >= 4 is 11.9 Å². The Balaban J connectivity index is 1.85. The normalized spacial score (nSPS) is 26.2. The predicted molar refractivity (Wildman–Crippen MR) is 63.2 cm³/mol. The third kappa shape index (κ3) is 2.10. The van der Waals surface area contributed by atoms with E-state index in [9.17, 15) is 14.7 Å². The van der Waals surface area contributed by atoms with Crippen LogP contribution < -0.4 is 0 Å². The van der Waals surface area contributed by atoms with Gasteiger partial charge in [-0.1, -0.05) is 0 Å². The van der Waals surface area contributed by atoms with Gasteiger partial charge in [0, 0.05) is 13.0 Å². The van der Waals surface area contributed by atoms with Crippen LogP contribution in [0, 0.1) is 0 Å². The fourth-order valence-corrected chi connectivity index (χ4v) is 2.65. The second-order valence-corrected chi connectivity index (χ2v) is 4.85. The fourth-order valence-electron chi connectivity index (χ4n) is 2.65. The summed E-state index contributed by atoms with van der Waals surface area (Å²) in [5, 5.41) is 9.29. The first-order chi connectivity index (χ1) is 9.16. The van der Waals surface area contributed by atoms with E-state index in [1.54, 1.807) is 0 Å². The van der Waals surface area contributed by atoms with E-state index in [2.05, 4.69) is 9.97 Å². The highest BCUT2D eigenvalue weighted by atomic mass is 16.5. The molecule has 2 atom stereocenters. The Morgan fingerprint density at radius 2 is 2.37 bits per heavy atom. The standard InChI is InChI=1S/C12H15N3O4/c16-11(10-2-1-3-19-10)15-5-8-7(13-6-14-8)4-9(15)12(17)18/h6,9-10H,1-5H2,(H,13,14)(H,17,18)/t9?,10-/m0/s1. The van der Waals surface area contributed by atoms with Crippen molar-refractivity contribution in [1.29, 1.82) is 0 Å². The Morgan fingerprint density at radius 3 is 3.05 bits per heavy atom. The zero-order chi connectivity index (χ0) is 13.4. The number of aromatic nitrogens is 2. The molecule has 0 bridgehead atoms. The number of aromatic amines is 1. The van der Waals surface area contributed by atoms with Gasteiger partial charge in [0.15, 0.2) is 0 Å². The van der Waals surface area contributed by atoms with Crippen LogP contribution in [0.2, 0.25) is 0 Å². The van der Waals surface area contributed by atoms with E-state index >= 15 is 0 Å². The smallest absolute Gasteiger partial charge is 0.326 e. The van der Waals surface area contributed by atoms with Crippen molar-refractivity contribution in [2.45, 2.75) is 38.0 Å². The number of H-pyrrole nitrogens is 1. The number of rotatable bonds is 2. The number of hydrogen-bond acceptors (Lipinski definition) is 4. The van der Waals surface area contributed by atoms with Crippen molar-refractivity contribution in [3.8, 4) is 0 Å². The molecule has 1 saturated heterocycles. The van der Waals surface area contributed by atoms with Crippen molar-refractivity contribution in [2.24, 2.45) is 0 Å². The summed E-state index contributed by atoms with van der Waals surface area (Å²) in [7, 11) is 0. The number of aliphatic carboxylic acids is 1. The molecular formula is C12H15N3O4. The minimum absolute atomic E-state index is 0.231. The highest BCUT2D eigenvalue weighted by Gasteiger charge is 2.39. The third-order valence-electron chi connectivity index (χ3n) is 3.67. The van der Waals surface area contributed by atoms with Crippen LogP contribution in [-0.4, -0.2) is 50.6 Å². The predicted octanol–water partition coefficient (Wildman–Crippen LogP) is -0.0734. The molecule has 3 rings (SSSR count). The lowest BCUT2D eigenvalue weighted by atomic mass is 10.0. The van der Waals surface area contributed by atoms with E-state index in [-0.39, 0.29) is 18.9 Å². The summed E-state index contributed by atoms with van der Waals surface area (Å²) in [4.78, 5) is 32.1. The molecule has 1 aromatic heterocycles. The minimum Gasteiger partial charge on any atom is -0.480 e. The van der Waals surface area contributed by atoms with Crippen molar-refractivity contribution in [1.82, 2.24) is 14.9 Å². The Morgan fingerprint density at radius 1 is 1.53 bits per heavy atom. The van der Waals surface area contributed by atoms with Gasteiger partial charge in [-0.05, 0) is 12.8 Å². The van der Waals surface area contributed by atoms with E-state index < -0.39 is 18.1 Å². The number of ether oxygens (including phenoxy) is 1. The monoisotopic (exact) mass is 265 g/mol. The Kier molecular flexibility index (Phi) is 2.98. The molecule has 7 nitrogen and oxygen atoms in total. The Bertz CT molecular complexity index is 507. The number of amides is 1. The van der Waals surface area contributed by atoms with Crippen LogP contribution in [0.15, 0.2) is 6.33 Å². The van der Waals surface area contributed by atoms with Crippen LogP contribution >= 0.6 is 0 Å². The van der Waals surface area contributed by atoms with Gasteiger partial charge in [-0.3, -0.25) is 4.79 Å². The number of hydrogen-bond donors (Lipinski definition) is 2. The quantitative estimate of drug-likeness (QED) is 0.780. The van der Waals surface area contributed by atoms with Crippen molar-refractivity contribution in [3.63, 3.8) is 0 Å². The molecule has 1 amide bonds. The second-order valence-electron chi connectivity index (χ2n) is 4.85. The average molecular weight is 265 g/mol. The maximum absolute atomic E-state index is 12.4. The van der Waals surface area contributed by atoms with E-state index in [0.717, 1.165) is 17.8 Å². The molecule has 19 heavy (non-hydrogen) atoms. The maximum Gasteiger partial charge on any atom is 0.326 e. The molecule has 1 aromatic rings. The highest BCUT2D eigenvalue weighted by Crippen LogP contribution is 2.24. The number of nitrogens with zero attached hydrogens (tertiary/aromatic N) is 2. The Hall–Kier alpha value is -1.89. The summed E-state index contributed by atoms with van der Waals surface area (Å²) in [5.74, 6) is -1.23. The first kappa shape index (κ1) is 12.2. The van der Waals surface area contributed by atoms with E-state index in [1.165, 1.54) is 11.2 Å². The minimum atomic E-state index is -1.00. The molecule has 0 spiro atoms. The molecule has 0 aliphatic carbocycles. The first-order valence-electron chi connectivity index (χ1n) is 6.33. The van der Waals surface area contributed by atoms with Crippen LogP contribution in [0.1, 0.15) is 24.2 Å². The number of fused-ring (bicyclic) bond motifs is 1. The average Bonchev–Trinajstić information content (AvgIpc) is 3.06. The van der Waals surface area contributed by atoms with Gasteiger partial charge in [-0.25, -0.2) is 9.78 Å². The molecular weight excluding hydrogens is 250 g/mol. The highest BCUT2D eigenvalue weighted by molar-refractivity contribution is 5.87. The fraction of sp³-hybridized carbons (Fsp3) is 0.583. The van der Waals surface area contributed by atoms with E-state index in [0.29, 0.717) is 13.0 Å². The number of nitrogens with one attached hydrogen (secondary N) is 1. The summed E-state index contributed by atoms with van der Waals surface area (Å²) in [5.41, 5.74) is 1.53. The molecule has 2 aliphatic heterocycles. The van der Waals surface area contributed by atoms with Gasteiger partial charge in [-0.15, -0.1) is 0 Å². The zero-order valence-corrected chi connectivity index (χ0v) is 10.3. The SMILES string of the molecule is O=C(O)C1Cc2nc[nH]c2CN1C(=O)[C@@H]1CCCO1. The molecule has 2 aliphatic rings. The Labute approximate surface area is 109 Å².